The highest BCUT2D eigenvalue weighted by atomic mass is 35.5. The van der Waals surface area contributed by atoms with E-state index in [4.69, 9.17) is 23.2 Å². The van der Waals surface area contributed by atoms with E-state index in [1.54, 1.807) is 0 Å². The van der Waals surface area contributed by atoms with Crippen molar-refractivity contribution in [1.29, 1.82) is 0 Å². The van der Waals surface area contributed by atoms with Gasteiger partial charge in [-0.2, -0.15) is 0 Å². The van der Waals surface area contributed by atoms with E-state index in [0.717, 1.165) is 37.8 Å². The summed E-state index contributed by atoms with van der Waals surface area (Å²) in [6.07, 6.45) is 3.28. The average Bonchev–Trinajstić information content (AvgIpc) is 2.77. The van der Waals surface area contributed by atoms with E-state index in [2.05, 4.69) is 11.8 Å². The molecule has 118 valence electrons. The maximum atomic E-state index is 11.8. The molecule has 1 fully saturated rings. The van der Waals surface area contributed by atoms with Gasteiger partial charge >= 0.3 is 5.97 Å². The molecule has 0 bridgehead atoms. The Morgan fingerprint density at radius 3 is 2.81 bits per heavy atom. The molecule has 3 nitrogen and oxygen atoms in total. The van der Waals surface area contributed by atoms with Gasteiger partial charge in [0.1, 0.15) is 0 Å². The van der Waals surface area contributed by atoms with E-state index in [0.29, 0.717) is 15.2 Å². The zero-order valence-corrected chi connectivity index (χ0v) is 14.7. The van der Waals surface area contributed by atoms with Gasteiger partial charge in [0.15, 0.2) is 0 Å². The molecule has 2 atom stereocenters. The van der Waals surface area contributed by atoms with Crippen molar-refractivity contribution in [2.75, 3.05) is 13.1 Å². The van der Waals surface area contributed by atoms with Gasteiger partial charge in [-0.1, -0.05) is 36.5 Å². The van der Waals surface area contributed by atoms with Crippen molar-refractivity contribution in [2.24, 2.45) is 5.41 Å². The van der Waals surface area contributed by atoms with Crippen molar-refractivity contribution in [3.05, 3.63) is 20.3 Å². The third-order valence-electron chi connectivity index (χ3n) is 4.47. The zero-order chi connectivity index (χ0) is 15.6. The Labute approximate surface area is 139 Å². The fraction of sp³-hybridized carbons (Fsp3) is 0.667. The highest BCUT2D eigenvalue weighted by molar-refractivity contribution is 7.20. The first-order chi connectivity index (χ1) is 9.89. The molecule has 1 aliphatic heterocycles. The second-order valence-corrected chi connectivity index (χ2v) is 8.15. The summed E-state index contributed by atoms with van der Waals surface area (Å²) in [7, 11) is 0. The van der Waals surface area contributed by atoms with Gasteiger partial charge < -0.3 is 5.11 Å². The Hall–Kier alpha value is -0.290. The van der Waals surface area contributed by atoms with Gasteiger partial charge in [-0.15, -0.1) is 11.3 Å². The van der Waals surface area contributed by atoms with Crippen LogP contribution in [0.1, 0.15) is 51.1 Å². The predicted octanol–water partition coefficient (Wildman–Crippen LogP) is 5.08. The molecule has 6 heteroatoms. The summed E-state index contributed by atoms with van der Waals surface area (Å²) in [6, 6.07) is 1.99. The van der Waals surface area contributed by atoms with E-state index < -0.39 is 11.4 Å². The molecule has 1 aromatic rings. The average molecular weight is 350 g/mol. The summed E-state index contributed by atoms with van der Waals surface area (Å²) < 4.78 is 1.38. The lowest BCUT2D eigenvalue weighted by Crippen LogP contribution is -2.48. The lowest BCUT2D eigenvalue weighted by atomic mass is 9.76. The molecule has 21 heavy (non-hydrogen) atoms. The number of likely N-dealkylation sites (tertiary alicyclic amines) is 1. The van der Waals surface area contributed by atoms with Crippen molar-refractivity contribution in [1.82, 2.24) is 4.90 Å². The Kier molecular flexibility index (Phi) is 5.58. The number of halogens is 2. The number of thiophene rings is 1. The molecule has 0 spiro atoms. The summed E-state index contributed by atoms with van der Waals surface area (Å²) in [4.78, 5) is 14.0. The predicted molar refractivity (Wildman–Crippen MR) is 88.5 cm³/mol. The van der Waals surface area contributed by atoms with Gasteiger partial charge in [-0.25, -0.2) is 0 Å². The van der Waals surface area contributed by atoms with Crippen molar-refractivity contribution < 1.29 is 9.90 Å². The van der Waals surface area contributed by atoms with Gasteiger partial charge in [0, 0.05) is 18.2 Å². The van der Waals surface area contributed by atoms with Crippen LogP contribution in [-0.2, 0) is 4.79 Å². The minimum absolute atomic E-state index is 0.0946. The van der Waals surface area contributed by atoms with Crippen LogP contribution < -0.4 is 0 Å². The van der Waals surface area contributed by atoms with Gasteiger partial charge in [0.2, 0.25) is 0 Å². The number of carbonyl (C=O) groups is 1. The van der Waals surface area contributed by atoms with Crippen molar-refractivity contribution in [3.8, 4) is 0 Å². The Morgan fingerprint density at radius 1 is 1.57 bits per heavy atom. The molecule has 2 heterocycles. The zero-order valence-electron chi connectivity index (χ0n) is 12.4. The first-order valence-electron chi connectivity index (χ1n) is 7.32. The van der Waals surface area contributed by atoms with Crippen LogP contribution in [0.2, 0.25) is 8.67 Å². The number of hydrogen-bond acceptors (Lipinski definition) is 3. The lowest BCUT2D eigenvalue weighted by molar-refractivity contribution is -0.154. The maximum absolute atomic E-state index is 11.8. The third-order valence-corrected chi connectivity index (χ3v) is 5.99. The fourth-order valence-corrected chi connectivity index (χ4v) is 4.93. The van der Waals surface area contributed by atoms with Crippen molar-refractivity contribution >= 4 is 40.5 Å². The molecule has 0 aromatic carbocycles. The largest absolute Gasteiger partial charge is 0.481 e. The van der Waals surface area contributed by atoms with Gasteiger partial charge in [-0.05, 0) is 38.8 Å². The first-order valence-corrected chi connectivity index (χ1v) is 8.89. The molecule has 2 rings (SSSR count). The van der Waals surface area contributed by atoms with Crippen LogP contribution in [-0.4, -0.2) is 29.1 Å². The topological polar surface area (TPSA) is 40.5 Å². The Balaban J connectivity index is 2.20. The highest BCUT2D eigenvalue weighted by Crippen LogP contribution is 2.41. The normalized spacial score (nSPS) is 25.0. The standard InChI is InChI=1S/C15H21Cl2NO2S/c1-3-5-15(14(19)20)6-4-7-18(9-15)10(2)11-8-12(16)21-13(11)17/h8,10H,3-7,9H2,1-2H3,(H,19,20). The molecule has 1 N–H and O–H groups in total. The number of carboxylic acids is 1. The molecule has 1 aliphatic rings. The van der Waals surface area contributed by atoms with Gasteiger partial charge in [0.25, 0.3) is 0 Å². The number of piperidine rings is 1. The number of nitrogens with zero attached hydrogens (tertiary/aromatic N) is 1. The van der Waals surface area contributed by atoms with Gasteiger partial charge in [-0.3, -0.25) is 9.69 Å². The van der Waals surface area contributed by atoms with E-state index in [1.165, 1.54) is 11.3 Å². The molecule has 0 saturated carbocycles. The van der Waals surface area contributed by atoms with Crippen LogP contribution in [0, 0.1) is 5.41 Å². The van der Waals surface area contributed by atoms with Crippen LogP contribution in [0.5, 0.6) is 0 Å². The number of rotatable bonds is 5. The minimum atomic E-state index is -0.671. The van der Waals surface area contributed by atoms with Crippen LogP contribution in [0.15, 0.2) is 6.07 Å². The van der Waals surface area contributed by atoms with Crippen LogP contribution in [0.3, 0.4) is 0 Å². The third kappa shape index (κ3) is 3.55. The summed E-state index contributed by atoms with van der Waals surface area (Å²) in [5.41, 5.74) is 0.387. The second-order valence-electron chi connectivity index (χ2n) is 5.87. The molecule has 1 aromatic heterocycles. The minimum Gasteiger partial charge on any atom is -0.481 e. The molecule has 1 saturated heterocycles. The molecule has 0 amide bonds. The van der Waals surface area contributed by atoms with E-state index >= 15 is 0 Å². The highest BCUT2D eigenvalue weighted by Gasteiger charge is 2.42. The monoisotopic (exact) mass is 349 g/mol. The summed E-state index contributed by atoms with van der Waals surface area (Å²) >= 11 is 13.6. The smallest absolute Gasteiger partial charge is 0.310 e. The Bertz CT molecular complexity index is 516. The summed E-state index contributed by atoms with van der Waals surface area (Å²) in [5.74, 6) is -0.671. The van der Waals surface area contributed by atoms with Crippen LogP contribution >= 0.6 is 34.5 Å². The lowest BCUT2D eigenvalue weighted by Gasteiger charge is -2.42. The maximum Gasteiger partial charge on any atom is 0.310 e. The van der Waals surface area contributed by atoms with Crippen LogP contribution in [0.4, 0.5) is 0 Å². The SMILES string of the molecule is CCCC1(C(=O)O)CCCN(C(C)c2cc(Cl)sc2Cl)C1. The van der Waals surface area contributed by atoms with E-state index in [-0.39, 0.29) is 6.04 Å². The summed E-state index contributed by atoms with van der Waals surface area (Å²) in [5, 5.41) is 9.68. The molecule has 0 aliphatic carbocycles. The second kappa shape index (κ2) is 6.86. The van der Waals surface area contributed by atoms with E-state index in [9.17, 15) is 9.90 Å². The molecular weight excluding hydrogens is 329 g/mol. The van der Waals surface area contributed by atoms with Crippen molar-refractivity contribution in [3.63, 3.8) is 0 Å². The first kappa shape index (κ1) is 17.1. The molecule has 2 unspecified atom stereocenters. The summed E-state index contributed by atoms with van der Waals surface area (Å²) in [6.45, 7) is 5.61. The van der Waals surface area contributed by atoms with Crippen molar-refractivity contribution in [2.45, 2.75) is 45.6 Å². The Morgan fingerprint density at radius 2 is 2.29 bits per heavy atom. The molecule has 0 radical (unpaired) electrons. The molecular formula is C15H21Cl2NO2S. The van der Waals surface area contributed by atoms with E-state index in [1.807, 2.05) is 13.0 Å². The fourth-order valence-electron chi connectivity index (χ4n) is 3.30. The van der Waals surface area contributed by atoms with Gasteiger partial charge in [0.05, 0.1) is 14.1 Å². The quantitative estimate of drug-likeness (QED) is 0.805. The number of aliphatic carboxylic acids is 1. The number of carboxylic acid groups (broad SMARTS) is 1. The van der Waals surface area contributed by atoms with Crippen LogP contribution in [0.25, 0.3) is 0 Å². The number of hydrogen-bond donors (Lipinski definition) is 1.